The van der Waals surface area contributed by atoms with Crippen molar-refractivity contribution in [2.24, 2.45) is 5.41 Å². The number of nitrogens with zero attached hydrogens (tertiary/aromatic N) is 1. The van der Waals surface area contributed by atoms with Gasteiger partial charge >= 0.3 is 30.6 Å². The number of aromatic carboxylic acids is 1. The van der Waals surface area contributed by atoms with Crippen molar-refractivity contribution in [1.29, 1.82) is 0 Å². The molecule has 2 aliphatic rings. The van der Waals surface area contributed by atoms with Gasteiger partial charge in [-0.3, -0.25) is 4.90 Å². The van der Waals surface area contributed by atoms with Gasteiger partial charge in [0.15, 0.2) is 0 Å². The maximum absolute atomic E-state index is 14.5. The Bertz CT molecular complexity index is 1910. The summed E-state index contributed by atoms with van der Waals surface area (Å²) in [7, 11) is 1.20. The number of methoxy groups -OCH3 is 1. The monoisotopic (exact) mass is 743 g/mol. The third kappa shape index (κ3) is 7.73. The second-order valence-electron chi connectivity index (χ2n) is 13.9. The number of hydrogen-bond acceptors (Lipinski definition) is 4. The van der Waals surface area contributed by atoms with Gasteiger partial charge in [-0.25, -0.2) is 9.59 Å². The summed E-state index contributed by atoms with van der Waals surface area (Å²) in [4.78, 5) is 26.0. The van der Waals surface area contributed by atoms with Gasteiger partial charge in [0.25, 0.3) is 0 Å². The highest BCUT2D eigenvalue weighted by molar-refractivity contribution is 5.90. The molecule has 0 saturated carbocycles. The lowest BCUT2D eigenvalue weighted by atomic mass is 9.72. The fourth-order valence-corrected chi connectivity index (χ4v) is 6.94. The Balaban J connectivity index is 1.63. The number of amides is 1. The molecule has 5 rings (SSSR count). The van der Waals surface area contributed by atoms with E-state index in [0.717, 1.165) is 6.07 Å². The van der Waals surface area contributed by atoms with Gasteiger partial charge in [0.2, 0.25) is 0 Å². The SMILES string of the molecule is COc1cc(C(F)(F)F)c(-c2ccc(C(=O)O)cc2C)cc1C1=C(CN2C(=O)O[C@H](c3cc(C(F)(F)F)cc(C(F)(F)F)c3)[C@@H]2C)CC(C)(C)CC1. The lowest BCUT2D eigenvalue weighted by molar-refractivity contribution is -0.143. The minimum Gasteiger partial charge on any atom is -0.496 e. The number of hydrogen-bond donors (Lipinski definition) is 1. The summed E-state index contributed by atoms with van der Waals surface area (Å²) in [5.74, 6) is -1.38. The summed E-state index contributed by atoms with van der Waals surface area (Å²) in [5, 5.41) is 9.40. The van der Waals surface area contributed by atoms with Crippen LogP contribution in [0.3, 0.4) is 0 Å². The van der Waals surface area contributed by atoms with Crippen molar-refractivity contribution in [3.63, 3.8) is 0 Å². The summed E-state index contributed by atoms with van der Waals surface area (Å²) in [6.07, 6.45) is -16.3. The number of carbonyl (C=O) groups excluding carboxylic acids is 1. The van der Waals surface area contributed by atoms with Gasteiger partial charge in [0, 0.05) is 12.1 Å². The van der Waals surface area contributed by atoms with Gasteiger partial charge in [0.1, 0.15) is 11.9 Å². The molecule has 1 N–H and O–H groups in total. The Morgan fingerprint density at radius 3 is 2.04 bits per heavy atom. The minimum atomic E-state index is -5.12. The molecule has 280 valence electrons. The zero-order valence-corrected chi connectivity index (χ0v) is 28.5. The fourth-order valence-electron chi connectivity index (χ4n) is 6.94. The van der Waals surface area contributed by atoms with E-state index >= 15 is 0 Å². The molecular formula is C37H34F9NO5. The van der Waals surface area contributed by atoms with Gasteiger partial charge in [-0.15, -0.1) is 0 Å². The molecule has 1 aliphatic heterocycles. The van der Waals surface area contributed by atoms with Crippen molar-refractivity contribution in [3.8, 4) is 16.9 Å². The standard InChI is InChI=1S/C37H34F9NO5/c1-18-10-20(32(48)49)6-7-25(18)27-14-28(30(51-5)15-29(27)37(44,45)46)26-8-9-34(3,4)16-22(26)17-47-19(2)31(52-33(47)50)21-11-23(35(38,39)40)13-24(12-21)36(41,42)43/h6-7,10-15,19,31H,8-9,16-17H2,1-5H3,(H,48,49)/t19-,31-/m0/s1. The van der Waals surface area contributed by atoms with Crippen molar-refractivity contribution >= 4 is 17.6 Å². The van der Waals surface area contributed by atoms with Gasteiger partial charge < -0.3 is 14.6 Å². The molecular weight excluding hydrogens is 709 g/mol. The van der Waals surface area contributed by atoms with Crippen LogP contribution in [0.1, 0.15) is 89.9 Å². The largest absolute Gasteiger partial charge is 0.496 e. The van der Waals surface area contributed by atoms with E-state index in [1.807, 2.05) is 13.8 Å². The first kappa shape index (κ1) is 38.5. The normalized spacial score (nSPS) is 19.6. The second kappa shape index (κ2) is 13.4. The average Bonchev–Trinajstić information content (AvgIpc) is 3.31. The first-order valence-corrected chi connectivity index (χ1v) is 16.0. The van der Waals surface area contributed by atoms with E-state index in [1.54, 1.807) is 0 Å². The number of allylic oxidation sites excluding steroid dienone is 1. The molecule has 15 heteroatoms. The Labute approximate surface area is 292 Å². The molecule has 0 aromatic heterocycles. The van der Waals surface area contributed by atoms with E-state index < -0.39 is 65.0 Å². The summed E-state index contributed by atoms with van der Waals surface area (Å²) < 4.78 is 136. The Hall–Kier alpha value is -4.69. The maximum Gasteiger partial charge on any atom is 0.417 e. The van der Waals surface area contributed by atoms with E-state index in [1.165, 1.54) is 50.1 Å². The maximum atomic E-state index is 14.5. The number of carboxylic acid groups (broad SMARTS) is 1. The predicted molar refractivity (Wildman–Crippen MR) is 172 cm³/mol. The lowest BCUT2D eigenvalue weighted by Gasteiger charge is -2.36. The summed E-state index contributed by atoms with van der Waals surface area (Å²) >= 11 is 0. The molecule has 1 heterocycles. The van der Waals surface area contributed by atoms with Crippen molar-refractivity contribution in [1.82, 2.24) is 4.90 Å². The number of carboxylic acids is 1. The van der Waals surface area contributed by atoms with Crippen LogP contribution in [0, 0.1) is 12.3 Å². The molecule has 6 nitrogen and oxygen atoms in total. The number of benzene rings is 3. The third-order valence-corrected chi connectivity index (χ3v) is 9.60. The highest BCUT2D eigenvalue weighted by atomic mass is 19.4. The van der Waals surface area contributed by atoms with Crippen molar-refractivity contribution in [2.75, 3.05) is 13.7 Å². The molecule has 0 unspecified atom stereocenters. The molecule has 1 fully saturated rings. The summed E-state index contributed by atoms with van der Waals surface area (Å²) in [5.41, 5.74) is -3.56. The highest BCUT2D eigenvalue weighted by Crippen LogP contribution is 2.49. The Kier molecular flexibility index (Phi) is 9.91. The van der Waals surface area contributed by atoms with Gasteiger partial charge in [-0.2, -0.15) is 39.5 Å². The average molecular weight is 744 g/mol. The van der Waals surface area contributed by atoms with E-state index in [4.69, 9.17) is 9.47 Å². The Morgan fingerprint density at radius 2 is 1.52 bits per heavy atom. The molecule has 0 radical (unpaired) electrons. The second-order valence-corrected chi connectivity index (χ2v) is 13.9. The first-order chi connectivity index (χ1) is 23.9. The number of aryl methyl sites for hydroxylation is 1. The number of cyclic esters (lactones) is 1. The number of alkyl halides is 9. The number of halogens is 9. The van der Waals surface area contributed by atoms with Crippen molar-refractivity contribution in [3.05, 3.63) is 93.0 Å². The van der Waals surface area contributed by atoms with Crippen LogP contribution in [0.5, 0.6) is 5.75 Å². The number of rotatable bonds is 7. The molecule has 2 atom stereocenters. The van der Waals surface area contributed by atoms with Crippen LogP contribution >= 0.6 is 0 Å². The molecule has 52 heavy (non-hydrogen) atoms. The molecule has 1 saturated heterocycles. The van der Waals surface area contributed by atoms with Crippen LogP contribution < -0.4 is 4.74 Å². The van der Waals surface area contributed by atoms with Gasteiger partial charge in [-0.1, -0.05) is 19.9 Å². The molecule has 3 aromatic rings. The summed E-state index contributed by atoms with van der Waals surface area (Å²) in [6, 6.07) is 5.88. The van der Waals surface area contributed by atoms with Crippen molar-refractivity contribution < 1.29 is 63.7 Å². The van der Waals surface area contributed by atoms with E-state index in [0.29, 0.717) is 42.5 Å². The highest BCUT2D eigenvalue weighted by Gasteiger charge is 2.44. The predicted octanol–water partition coefficient (Wildman–Crippen LogP) is 11.0. The van der Waals surface area contributed by atoms with E-state index in [2.05, 4.69) is 0 Å². The first-order valence-electron chi connectivity index (χ1n) is 16.0. The smallest absolute Gasteiger partial charge is 0.417 e. The van der Waals surface area contributed by atoms with Crippen LogP contribution in [0.4, 0.5) is 44.3 Å². The minimum absolute atomic E-state index is 0.0163. The van der Waals surface area contributed by atoms with Gasteiger partial charge in [0.05, 0.1) is 35.4 Å². The van der Waals surface area contributed by atoms with Crippen LogP contribution in [-0.2, 0) is 23.3 Å². The van der Waals surface area contributed by atoms with Crippen molar-refractivity contribution in [2.45, 2.75) is 77.6 Å². The van der Waals surface area contributed by atoms with E-state index in [9.17, 15) is 54.2 Å². The topological polar surface area (TPSA) is 76.1 Å². The van der Waals surface area contributed by atoms with Crippen LogP contribution in [0.15, 0.2) is 54.1 Å². The molecule has 3 aromatic carbocycles. The van der Waals surface area contributed by atoms with Gasteiger partial charge in [-0.05, 0) is 114 Å². The zero-order chi connectivity index (χ0) is 38.7. The van der Waals surface area contributed by atoms with Crippen LogP contribution in [0.25, 0.3) is 16.7 Å². The quantitative estimate of drug-likeness (QED) is 0.244. The number of ether oxygens (including phenoxy) is 2. The Morgan fingerprint density at radius 1 is 0.904 bits per heavy atom. The lowest BCUT2D eigenvalue weighted by Crippen LogP contribution is -2.35. The fraction of sp³-hybridized carbons (Fsp3) is 0.405. The molecule has 0 spiro atoms. The number of carbonyl (C=O) groups is 2. The van der Waals surface area contributed by atoms with Crippen LogP contribution in [0.2, 0.25) is 0 Å². The van der Waals surface area contributed by atoms with Crippen LogP contribution in [-0.4, -0.2) is 41.8 Å². The third-order valence-electron chi connectivity index (χ3n) is 9.60. The molecule has 1 amide bonds. The zero-order valence-electron chi connectivity index (χ0n) is 28.5. The molecule has 1 aliphatic carbocycles. The van der Waals surface area contributed by atoms with E-state index in [-0.39, 0.29) is 51.6 Å². The molecule has 0 bridgehead atoms. The summed E-state index contributed by atoms with van der Waals surface area (Å²) in [6.45, 7) is 6.62.